The number of nitrogens with one attached hydrogen (secondary N) is 1. The second-order valence-corrected chi connectivity index (χ2v) is 3.68. The van der Waals surface area contributed by atoms with E-state index in [4.69, 9.17) is 4.74 Å². The van der Waals surface area contributed by atoms with Gasteiger partial charge in [0.25, 0.3) is 0 Å². The van der Waals surface area contributed by atoms with Crippen molar-refractivity contribution in [2.45, 2.75) is 6.42 Å². The molecule has 0 aliphatic heterocycles. The molecule has 92 valence electrons. The van der Waals surface area contributed by atoms with Crippen LogP contribution in [0.1, 0.15) is 5.56 Å². The van der Waals surface area contributed by atoms with Gasteiger partial charge in [0.2, 0.25) is 5.88 Å². The Bertz CT molecular complexity index is 511. The first-order valence-corrected chi connectivity index (χ1v) is 5.71. The molecule has 0 atom stereocenters. The fraction of sp³-hybridized carbons (Fsp3) is 0.143. The van der Waals surface area contributed by atoms with E-state index in [2.05, 4.69) is 27.6 Å². The van der Waals surface area contributed by atoms with Gasteiger partial charge in [-0.25, -0.2) is 0 Å². The van der Waals surface area contributed by atoms with Gasteiger partial charge in [-0.15, -0.1) is 0 Å². The highest BCUT2D eigenvalue weighted by Gasteiger charge is 1.94. The lowest BCUT2D eigenvalue weighted by Crippen LogP contribution is -1.95. The second-order valence-electron chi connectivity index (χ2n) is 3.68. The molecular weight excluding hydrogens is 226 g/mol. The zero-order valence-electron chi connectivity index (χ0n) is 10.2. The Hall–Kier alpha value is -2.36. The van der Waals surface area contributed by atoms with Gasteiger partial charge in [0.05, 0.1) is 7.11 Å². The Labute approximate surface area is 106 Å². The maximum Gasteiger partial charge on any atom is 0.214 e. The monoisotopic (exact) mass is 241 g/mol. The number of anilines is 1. The zero-order valence-corrected chi connectivity index (χ0v) is 10.2. The third-order valence-electron chi connectivity index (χ3n) is 2.37. The molecule has 0 saturated heterocycles. The van der Waals surface area contributed by atoms with E-state index < -0.39 is 0 Å². The second kappa shape index (κ2) is 6.39. The van der Waals surface area contributed by atoms with Crippen LogP contribution in [0.25, 0.3) is 0 Å². The van der Waals surface area contributed by atoms with E-state index in [1.54, 1.807) is 13.2 Å². The normalized spacial score (nSPS) is 10.5. The number of methoxy groups -OCH3 is 1. The van der Waals surface area contributed by atoms with E-state index in [1.807, 2.05) is 36.5 Å². The van der Waals surface area contributed by atoms with Crippen molar-refractivity contribution in [1.29, 1.82) is 0 Å². The van der Waals surface area contributed by atoms with Crippen LogP contribution in [-0.2, 0) is 6.42 Å². The summed E-state index contributed by atoms with van der Waals surface area (Å²) >= 11 is 0. The standard InChI is InChI=1S/C14H15N3O/c1-18-14-9-5-8-13(16-14)17-15-11-10-12-6-3-2-4-7-12/h2-9,11H,10H2,1H3,(H,16,17)/b15-11+. The van der Waals surface area contributed by atoms with Gasteiger partial charge in [0.1, 0.15) is 5.82 Å². The van der Waals surface area contributed by atoms with Gasteiger partial charge < -0.3 is 4.74 Å². The Morgan fingerprint density at radius 3 is 2.78 bits per heavy atom. The molecule has 1 aromatic carbocycles. The van der Waals surface area contributed by atoms with Gasteiger partial charge >= 0.3 is 0 Å². The van der Waals surface area contributed by atoms with Crippen LogP contribution in [0.15, 0.2) is 53.6 Å². The van der Waals surface area contributed by atoms with E-state index >= 15 is 0 Å². The highest BCUT2D eigenvalue weighted by Crippen LogP contribution is 2.10. The quantitative estimate of drug-likeness (QED) is 0.646. The molecule has 1 heterocycles. The molecule has 18 heavy (non-hydrogen) atoms. The van der Waals surface area contributed by atoms with E-state index in [9.17, 15) is 0 Å². The van der Waals surface area contributed by atoms with Crippen molar-refractivity contribution >= 4 is 12.0 Å². The van der Waals surface area contributed by atoms with Crippen molar-refractivity contribution in [3.05, 3.63) is 54.1 Å². The van der Waals surface area contributed by atoms with Crippen LogP contribution in [-0.4, -0.2) is 18.3 Å². The average molecular weight is 241 g/mol. The van der Waals surface area contributed by atoms with Gasteiger partial charge in [-0.3, -0.25) is 5.43 Å². The number of aromatic nitrogens is 1. The number of nitrogens with zero attached hydrogens (tertiary/aromatic N) is 2. The molecule has 0 saturated carbocycles. The molecule has 0 aliphatic rings. The Morgan fingerprint density at radius 1 is 1.17 bits per heavy atom. The third kappa shape index (κ3) is 3.59. The van der Waals surface area contributed by atoms with E-state index in [1.165, 1.54) is 5.56 Å². The van der Waals surface area contributed by atoms with E-state index in [0.29, 0.717) is 11.7 Å². The Kier molecular flexibility index (Phi) is 4.30. The smallest absolute Gasteiger partial charge is 0.214 e. The fourth-order valence-electron chi connectivity index (χ4n) is 1.47. The molecule has 4 nitrogen and oxygen atoms in total. The minimum atomic E-state index is 0.568. The molecule has 0 fully saturated rings. The molecule has 1 aromatic heterocycles. The molecule has 4 heteroatoms. The summed E-state index contributed by atoms with van der Waals surface area (Å²) in [5.74, 6) is 1.23. The average Bonchev–Trinajstić information content (AvgIpc) is 2.45. The molecular formula is C14H15N3O. The molecule has 1 N–H and O–H groups in total. The van der Waals surface area contributed by atoms with Crippen LogP contribution in [0.5, 0.6) is 5.88 Å². The van der Waals surface area contributed by atoms with Crippen LogP contribution in [0.2, 0.25) is 0 Å². The Balaban J connectivity index is 1.87. The van der Waals surface area contributed by atoms with E-state index in [-0.39, 0.29) is 0 Å². The van der Waals surface area contributed by atoms with Crippen molar-refractivity contribution in [3.63, 3.8) is 0 Å². The van der Waals surface area contributed by atoms with Gasteiger partial charge in [0.15, 0.2) is 0 Å². The van der Waals surface area contributed by atoms with Crippen LogP contribution in [0.3, 0.4) is 0 Å². The largest absolute Gasteiger partial charge is 0.481 e. The van der Waals surface area contributed by atoms with Gasteiger partial charge in [-0.1, -0.05) is 36.4 Å². The predicted octanol–water partition coefficient (Wildman–Crippen LogP) is 2.73. The minimum Gasteiger partial charge on any atom is -0.481 e. The maximum absolute atomic E-state index is 5.03. The summed E-state index contributed by atoms with van der Waals surface area (Å²) in [6.07, 6.45) is 2.61. The van der Waals surface area contributed by atoms with Crippen molar-refractivity contribution in [2.75, 3.05) is 12.5 Å². The number of hydrogen-bond acceptors (Lipinski definition) is 4. The van der Waals surface area contributed by atoms with Crippen molar-refractivity contribution in [3.8, 4) is 5.88 Å². The molecule has 0 amide bonds. The number of hydrazone groups is 1. The first-order valence-electron chi connectivity index (χ1n) is 5.71. The SMILES string of the molecule is COc1cccc(N/N=C/Cc2ccccc2)n1. The molecule has 2 aromatic rings. The maximum atomic E-state index is 5.03. The minimum absolute atomic E-state index is 0.568. The predicted molar refractivity (Wildman–Crippen MR) is 73.0 cm³/mol. The summed E-state index contributed by atoms with van der Waals surface area (Å²) in [7, 11) is 1.59. The lowest BCUT2D eigenvalue weighted by molar-refractivity contribution is 0.398. The number of pyridine rings is 1. The van der Waals surface area contributed by atoms with Crippen LogP contribution in [0, 0.1) is 0 Å². The number of ether oxygens (including phenoxy) is 1. The zero-order chi connectivity index (χ0) is 12.6. The number of rotatable bonds is 5. The molecule has 0 radical (unpaired) electrons. The van der Waals surface area contributed by atoms with E-state index in [0.717, 1.165) is 6.42 Å². The topological polar surface area (TPSA) is 46.5 Å². The van der Waals surface area contributed by atoms with Crippen LogP contribution >= 0.6 is 0 Å². The number of hydrogen-bond donors (Lipinski definition) is 1. The van der Waals surface area contributed by atoms with Crippen LogP contribution < -0.4 is 10.2 Å². The lowest BCUT2D eigenvalue weighted by atomic mass is 10.2. The summed E-state index contributed by atoms with van der Waals surface area (Å²) in [6.45, 7) is 0. The number of benzene rings is 1. The van der Waals surface area contributed by atoms with Crippen molar-refractivity contribution < 1.29 is 4.74 Å². The first-order chi connectivity index (χ1) is 8.88. The van der Waals surface area contributed by atoms with Gasteiger partial charge in [-0.2, -0.15) is 10.1 Å². The molecule has 0 unspecified atom stereocenters. The third-order valence-corrected chi connectivity index (χ3v) is 2.37. The summed E-state index contributed by atoms with van der Waals surface area (Å²) < 4.78 is 5.03. The Morgan fingerprint density at radius 2 is 2.00 bits per heavy atom. The highest BCUT2D eigenvalue weighted by molar-refractivity contribution is 5.62. The van der Waals surface area contributed by atoms with Gasteiger partial charge in [0, 0.05) is 18.7 Å². The molecule has 0 bridgehead atoms. The van der Waals surface area contributed by atoms with Crippen LogP contribution in [0.4, 0.5) is 5.82 Å². The van der Waals surface area contributed by atoms with Gasteiger partial charge in [-0.05, 0) is 11.6 Å². The fourth-order valence-corrected chi connectivity index (χ4v) is 1.47. The first kappa shape index (κ1) is 12.1. The molecule has 2 rings (SSSR count). The summed E-state index contributed by atoms with van der Waals surface area (Å²) in [5.41, 5.74) is 4.09. The molecule has 0 spiro atoms. The lowest BCUT2D eigenvalue weighted by Gasteiger charge is -2.01. The van der Waals surface area contributed by atoms with Crippen molar-refractivity contribution in [1.82, 2.24) is 4.98 Å². The summed E-state index contributed by atoms with van der Waals surface area (Å²) in [6, 6.07) is 15.6. The molecule has 0 aliphatic carbocycles. The highest BCUT2D eigenvalue weighted by atomic mass is 16.5. The summed E-state index contributed by atoms with van der Waals surface area (Å²) in [4.78, 5) is 4.19. The summed E-state index contributed by atoms with van der Waals surface area (Å²) in [5, 5.41) is 4.12. The van der Waals surface area contributed by atoms with Crippen molar-refractivity contribution in [2.24, 2.45) is 5.10 Å².